The number of amides is 1. The summed E-state index contributed by atoms with van der Waals surface area (Å²) in [7, 11) is 0. The molecule has 1 amide bonds. The predicted molar refractivity (Wildman–Crippen MR) is 87.5 cm³/mol. The molecule has 0 radical (unpaired) electrons. The molecule has 1 saturated heterocycles. The molecule has 5 heteroatoms. The third kappa shape index (κ3) is 3.51. The highest BCUT2D eigenvalue weighted by Crippen LogP contribution is 2.30. The number of nitrogens with one attached hydrogen (secondary N) is 1. The van der Waals surface area contributed by atoms with Crippen molar-refractivity contribution in [2.24, 2.45) is 5.92 Å². The van der Waals surface area contributed by atoms with Crippen LogP contribution in [0.5, 0.6) is 0 Å². The van der Waals surface area contributed by atoms with E-state index in [1.54, 1.807) is 0 Å². The Morgan fingerprint density at radius 1 is 1.48 bits per heavy atom. The number of carbonyl (C=O) groups is 1. The van der Waals surface area contributed by atoms with Crippen molar-refractivity contribution in [2.45, 2.75) is 45.2 Å². The van der Waals surface area contributed by atoms with Crippen LogP contribution in [0.1, 0.15) is 43.1 Å². The number of halogens is 1. The van der Waals surface area contributed by atoms with Crippen LogP contribution >= 0.6 is 15.9 Å². The van der Waals surface area contributed by atoms with Crippen LogP contribution in [-0.4, -0.2) is 41.1 Å². The van der Waals surface area contributed by atoms with Crippen molar-refractivity contribution in [3.63, 3.8) is 0 Å². The first-order valence-electron chi connectivity index (χ1n) is 8.06. The molecule has 1 saturated carbocycles. The molecule has 1 aromatic rings. The lowest BCUT2D eigenvalue weighted by Crippen LogP contribution is -2.42. The lowest BCUT2D eigenvalue weighted by atomic mass is 9.99. The summed E-state index contributed by atoms with van der Waals surface area (Å²) in [4.78, 5) is 15.1. The zero-order valence-corrected chi connectivity index (χ0v) is 14.2. The fourth-order valence-electron chi connectivity index (χ4n) is 3.20. The van der Waals surface area contributed by atoms with Gasteiger partial charge in [0.05, 0.1) is 0 Å². The fraction of sp³-hybridized carbons (Fsp3) is 0.688. The molecule has 2 aliphatic rings. The number of hydrogen-bond acceptors (Lipinski definition) is 2. The minimum absolute atomic E-state index is 0.204. The molecule has 0 bridgehead atoms. The van der Waals surface area contributed by atoms with Gasteiger partial charge in [-0.2, -0.15) is 0 Å². The van der Waals surface area contributed by atoms with E-state index in [0.717, 1.165) is 36.3 Å². The number of rotatable bonds is 5. The topological polar surface area (TPSA) is 37.3 Å². The summed E-state index contributed by atoms with van der Waals surface area (Å²) in [5.74, 6) is 0.812. The third-order valence-electron chi connectivity index (χ3n) is 4.53. The summed E-state index contributed by atoms with van der Waals surface area (Å²) in [6.45, 7) is 5.99. The normalized spacial score (nSPS) is 22.3. The van der Waals surface area contributed by atoms with E-state index in [1.807, 2.05) is 16.8 Å². The molecule has 0 aromatic carbocycles. The standard InChI is InChI=1S/C16H24BrN3O/c1-2-19-11-13(17)8-15(19)16(21)20(14-5-6-14)10-12-4-3-7-18-9-12/h8,11-12,14,18H,2-7,9-10H2,1H3. The highest BCUT2D eigenvalue weighted by atomic mass is 79.9. The van der Waals surface area contributed by atoms with Crippen LogP contribution in [0, 0.1) is 5.92 Å². The van der Waals surface area contributed by atoms with Crippen molar-refractivity contribution in [1.29, 1.82) is 0 Å². The van der Waals surface area contributed by atoms with E-state index in [1.165, 1.54) is 25.7 Å². The monoisotopic (exact) mass is 353 g/mol. The second-order valence-electron chi connectivity index (χ2n) is 6.23. The minimum atomic E-state index is 0.204. The van der Waals surface area contributed by atoms with Crippen LogP contribution in [0.25, 0.3) is 0 Å². The van der Waals surface area contributed by atoms with E-state index in [9.17, 15) is 4.79 Å². The first kappa shape index (κ1) is 15.1. The molecule has 3 rings (SSSR count). The number of hydrogen-bond donors (Lipinski definition) is 1. The zero-order chi connectivity index (χ0) is 14.8. The van der Waals surface area contributed by atoms with Crippen LogP contribution in [0.4, 0.5) is 0 Å². The van der Waals surface area contributed by atoms with Gasteiger partial charge in [-0.25, -0.2) is 0 Å². The maximum Gasteiger partial charge on any atom is 0.270 e. The molecule has 2 fully saturated rings. The van der Waals surface area contributed by atoms with Crippen molar-refractivity contribution in [3.05, 3.63) is 22.4 Å². The second kappa shape index (κ2) is 6.53. The molecule has 4 nitrogen and oxygen atoms in total. The predicted octanol–water partition coefficient (Wildman–Crippen LogP) is 2.87. The molecule has 1 unspecified atom stereocenters. The Balaban J connectivity index is 1.74. The summed E-state index contributed by atoms with van der Waals surface area (Å²) in [6, 6.07) is 2.43. The van der Waals surface area contributed by atoms with Gasteiger partial charge in [0.1, 0.15) is 5.69 Å². The van der Waals surface area contributed by atoms with E-state index in [-0.39, 0.29) is 5.91 Å². The van der Waals surface area contributed by atoms with Gasteiger partial charge in [0.2, 0.25) is 0 Å². The molecule has 21 heavy (non-hydrogen) atoms. The van der Waals surface area contributed by atoms with Crippen molar-refractivity contribution >= 4 is 21.8 Å². The Bertz CT molecular complexity index is 504. The van der Waals surface area contributed by atoms with Gasteiger partial charge in [-0.1, -0.05) is 0 Å². The lowest BCUT2D eigenvalue weighted by molar-refractivity contribution is 0.0693. The molecule has 0 spiro atoms. The highest BCUT2D eigenvalue weighted by molar-refractivity contribution is 9.10. The van der Waals surface area contributed by atoms with Gasteiger partial charge >= 0.3 is 0 Å². The molecule has 1 atom stereocenters. The maximum absolute atomic E-state index is 13.0. The number of aryl methyl sites for hydroxylation is 1. The second-order valence-corrected chi connectivity index (χ2v) is 7.15. The van der Waals surface area contributed by atoms with E-state index in [2.05, 4.69) is 33.1 Å². The SMILES string of the molecule is CCn1cc(Br)cc1C(=O)N(CC1CCCNC1)C1CC1. The van der Waals surface area contributed by atoms with E-state index in [4.69, 9.17) is 0 Å². The average Bonchev–Trinajstić information content (AvgIpc) is 3.27. The quantitative estimate of drug-likeness (QED) is 0.883. The zero-order valence-electron chi connectivity index (χ0n) is 12.6. The molecule has 2 heterocycles. The first-order valence-corrected chi connectivity index (χ1v) is 8.85. The number of nitrogens with zero attached hydrogens (tertiary/aromatic N) is 2. The van der Waals surface area contributed by atoms with E-state index < -0.39 is 0 Å². The van der Waals surface area contributed by atoms with Gasteiger partial charge in [0.25, 0.3) is 5.91 Å². The Hall–Kier alpha value is -0.810. The highest BCUT2D eigenvalue weighted by Gasteiger charge is 2.35. The van der Waals surface area contributed by atoms with Crippen LogP contribution in [0.15, 0.2) is 16.7 Å². The average molecular weight is 354 g/mol. The summed E-state index contributed by atoms with van der Waals surface area (Å²) in [5.41, 5.74) is 0.819. The minimum Gasteiger partial charge on any atom is -0.343 e. The Kier molecular flexibility index (Phi) is 4.69. The van der Waals surface area contributed by atoms with Crippen molar-refractivity contribution in [1.82, 2.24) is 14.8 Å². The molecule has 1 aliphatic heterocycles. The van der Waals surface area contributed by atoms with Crippen LogP contribution in [0.2, 0.25) is 0 Å². The molecule has 1 N–H and O–H groups in total. The van der Waals surface area contributed by atoms with Gasteiger partial charge in [0.15, 0.2) is 0 Å². The van der Waals surface area contributed by atoms with Gasteiger partial charge in [-0.05, 0) is 73.6 Å². The molecular weight excluding hydrogens is 330 g/mol. The maximum atomic E-state index is 13.0. The van der Waals surface area contributed by atoms with Crippen LogP contribution in [-0.2, 0) is 6.54 Å². The number of carbonyl (C=O) groups excluding carboxylic acids is 1. The van der Waals surface area contributed by atoms with Crippen molar-refractivity contribution < 1.29 is 4.79 Å². The third-order valence-corrected chi connectivity index (χ3v) is 4.96. The molecule has 116 valence electrons. The van der Waals surface area contributed by atoms with Crippen molar-refractivity contribution in [3.8, 4) is 0 Å². The summed E-state index contributed by atoms with van der Waals surface area (Å²) >= 11 is 3.49. The van der Waals surface area contributed by atoms with Crippen LogP contribution in [0.3, 0.4) is 0 Å². The van der Waals surface area contributed by atoms with Gasteiger partial charge in [-0.15, -0.1) is 0 Å². The van der Waals surface area contributed by atoms with Gasteiger partial charge < -0.3 is 14.8 Å². The smallest absolute Gasteiger partial charge is 0.270 e. The Labute approximate surface area is 135 Å². The fourth-order valence-corrected chi connectivity index (χ4v) is 3.67. The summed E-state index contributed by atoms with van der Waals surface area (Å²) in [5, 5.41) is 3.45. The van der Waals surface area contributed by atoms with Crippen molar-refractivity contribution in [2.75, 3.05) is 19.6 Å². The van der Waals surface area contributed by atoms with E-state index >= 15 is 0 Å². The lowest BCUT2D eigenvalue weighted by Gasteiger charge is -2.30. The van der Waals surface area contributed by atoms with Gasteiger partial charge in [-0.3, -0.25) is 4.79 Å². The summed E-state index contributed by atoms with van der Waals surface area (Å²) < 4.78 is 3.03. The van der Waals surface area contributed by atoms with E-state index in [0.29, 0.717) is 12.0 Å². The van der Waals surface area contributed by atoms with Crippen LogP contribution < -0.4 is 5.32 Å². The summed E-state index contributed by atoms with van der Waals surface area (Å²) in [6.07, 6.45) is 6.80. The molecule has 1 aliphatic carbocycles. The Morgan fingerprint density at radius 3 is 2.90 bits per heavy atom. The first-order chi connectivity index (χ1) is 10.2. The Morgan fingerprint density at radius 2 is 2.29 bits per heavy atom. The molecular formula is C16H24BrN3O. The molecule has 1 aromatic heterocycles. The van der Waals surface area contributed by atoms with Gasteiger partial charge in [0, 0.05) is 29.8 Å². The number of piperidine rings is 1. The number of aromatic nitrogens is 1. The largest absolute Gasteiger partial charge is 0.343 e.